The molecule has 2 saturated heterocycles. The maximum Gasteiger partial charge on any atom is 0.283 e. The van der Waals surface area contributed by atoms with Crippen molar-refractivity contribution >= 4 is 23.2 Å². The molecule has 4 aliphatic rings. The average Bonchev–Trinajstić information content (AvgIpc) is 3.67. The normalized spacial score (nSPS) is 34.7. The molecule has 2 amide bonds. The van der Waals surface area contributed by atoms with Crippen LogP contribution in [0.4, 0.5) is 11.4 Å². The number of nitrogens with one attached hydrogen (secondary N) is 2. The standard InChI is InChI=1S/C35H48N4O4/c1-22-14-23(2)17-28(16-22)36-34(40)32-20-26-8-5-10-30(26)38(32,42)12-7-13-39(43)31-11-6-9-27(31)21-33(39)35(41)37-29-18-24(3)15-25(4)19-29/h14-19,26-27,30-33H,5-13,20-21H2,1-4H3,(H,36,40)(H,37,41)/t26-,27-,30-,31-,32-,33-,38?,39?/m0/s1. The van der Waals surface area contributed by atoms with Gasteiger partial charge in [0.2, 0.25) is 0 Å². The highest BCUT2D eigenvalue weighted by Gasteiger charge is 2.56. The first-order valence-corrected chi connectivity index (χ1v) is 16.4. The van der Waals surface area contributed by atoms with Crippen LogP contribution in [-0.2, 0) is 9.59 Å². The molecular formula is C35H48N4O4. The van der Waals surface area contributed by atoms with E-state index in [-0.39, 0.29) is 48.8 Å². The third-order valence-electron chi connectivity index (χ3n) is 11.1. The number of quaternary nitrogens is 2. The summed E-state index contributed by atoms with van der Waals surface area (Å²) in [6.07, 6.45) is 7.33. The van der Waals surface area contributed by atoms with Gasteiger partial charge in [-0.25, -0.2) is 0 Å². The molecule has 2 heterocycles. The summed E-state index contributed by atoms with van der Waals surface area (Å²) in [5, 5.41) is 35.6. The van der Waals surface area contributed by atoms with Gasteiger partial charge in [-0.15, -0.1) is 0 Å². The fraction of sp³-hybridized carbons (Fsp3) is 0.600. The molecule has 232 valence electrons. The van der Waals surface area contributed by atoms with Crippen molar-refractivity contribution in [2.75, 3.05) is 23.7 Å². The Morgan fingerprint density at radius 1 is 0.651 bits per heavy atom. The van der Waals surface area contributed by atoms with Gasteiger partial charge in [0, 0.05) is 55.3 Å². The zero-order chi connectivity index (χ0) is 30.5. The van der Waals surface area contributed by atoms with E-state index in [1.165, 1.54) is 0 Å². The molecule has 8 heteroatoms. The largest absolute Gasteiger partial charge is 0.632 e. The lowest BCUT2D eigenvalue weighted by atomic mass is 10.0. The van der Waals surface area contributed by atoms with Gasteiger partial charge in [-0.05, 0) is 99.9 Å². The smallest absolute Gasteiger partial charge is 0.283 e. The first kappa shape index (κ1) is 30.3. The molecule has 43 heavy (non-hydrogen) atoms. The molecule has 2 unspecified atom stereocenters. The summed E-state index contributed by atoms with van der Waals surface area (Å²) in [6.45, 7) is 8.50. The molecule has 2 N–H and O–H groups in total. The minimum Gasteiger partial charge on any atom is -0.632 e. The number of anilines is 2. The first-order chi connectivity index (χ1) is 20.5. The minimum atomic E-state index is -0.669. The Balaban J connectivity index is 1.18. The third-order valence-corrected chi connectivity index (χ3v) is 11.1. The maximum absolute atomic E-state index is 14.7. The number of amides is 2. The molecule has 2 aromatic carbocycles. The van der Waals surface area contributed by atoms with E-state index in [1.807, 2.05) is 52.0 Å². The molecule has 8 atom stereocenters. The molecule has 2 saturated carbocycles. The summed E-state index contributed by atoms with van der Waals surface area (Å²) in [4.78, 5) is 27.3. The zero-order valence-corrected chi connectivity index (χ0v) is 26.2. The van der Waals surface area contributed by atoms with Gasteiger partial charge in [-0.3, -0.25) is 9.59 Å². The number of benzene rings is 2. The average molecular weight is 589 g/mol. The van der Waals surface area contributed by atoms with Gasteiger partial charge in [0.05, 0.1) is 25.2 Å². The number of fused-ring (bicyclic) bond motifs is 2. The van der Waals surface area contributed by atoms with E-state index in [0.717, 1.165) is 72.2 Å². The summed E-state index contributed by atoms with van der Waals surface area (Å²) in [7, 11) is 0. The van der Waals surface area contributed by atoms with Crippen LogP contribution >= 0.6 is 0 Å². The lowest BCUT2D eigenvalue weighted by Gasteiger charge is -2.51. The van der Waals surface area contributed by atoms with E-state index >= 15 is 0 Å². The van der Waals surface area contributed by atoms with Crippen molar-refractivity contribution < 1.29 is 18.9 Å². The molecule has 6 rings (SSSR count). The van der Waals surface area contributed by atoms with Crippen LogP contribution in [0.1, 0.15) is 80.0 Å². The van der Waals surface area contributed by atoms with E-state index in [0.29, 0.717) is 19.3 Å². The van der Waals surface area contributed by atoms with Crippen molar-refractivity contribution in [1.29, 1.82) is 0 Å². The van der Waals surface area contributed by atoms with Crippen LogP contribution < -0.4 is 10.6 Å². The second-order valence-corrected chi connectivity index (χ2v) is 14.3. The first-order valence-electron chi connectivity index (χ1n) is 16.4. The van der Waals surface area contributed by atoms with Gasteiger partial charge in [0.15, 0.2) is 12.1 Å². The van der Waals surface area contributed by atoms with Gasteiger partial charge in [0.25, 0.3) is 11.8 Å². The van der Waals surface area contributed by atoms with Crippen LogP contribution in [0.2, 0.25) is 0 Å². The number of carbonyl (C=O) groups is 2. The monoisotopic (exact) mass is 588 g/mol. The lowest BCUT2D eigenvalue weighted by Crippen LogP contribution is -2.60. The van der Waals surface area contributed by atoms with Crippen LogP contribution in [0.3, 0.4) is 0 Å². The second kappa shape index (κ2) is 11.6. The quantitative estimate of drug-likeness (QED) is 0.275. The lowest BCUT2D eigenvalue weighted by molar-refractivity contribution is -0.926. The fourth-order valence-corrected chi connectivity index (χ4v) is 9.49. The van der Waals surface area contributed by atoms with E-state index in [4.69, 9.17) is 0 Å². The van der Waals surface area contributed by atoms with Crippen molar-refractivity contribution in [3.05, 3.63) is 69.1 Å². The summed E-state index contributed by atoms with van der Waals surface area (Å²) >= 11 is 0. The molecule has 8 nitrogen and oxygen atoms in total. The highest BCUT2D eigenvalue weighted by atomic mass is 16.6. The molecule has 0 radical (unpaired) electrons. The SMILES string of the molecule is Cc1cc(C)cc(NC(=O)[C@@H]2C[C@@H]3CCC[C@@H]3[N+]2([O-])CCC[N+]2([O-])[C@H](C(=O)Nc3cc(C)cc(C)c3)C[C@@H]3CCC[C@@H]32)c1. The van der Waals surface area contributed by atoms with E-state index in [9.17, 15) is 20.0 Å². The molecule has 0 aromatic heterocycles. The van der Waals surface area contributed by atoms with Crippen LogP contribution in [-0.4, -0.2) is 58.4 Å². The summed E-state index contributed by atoms with van der Waals surface area (Å²) < 4.78 is -1.07. The van der Waals surface area contributed by atoms with Gasteiger partial charge >= 0.3 is 0 Å². The van der Waals surface area contributed by atoms with Crippen molar-refractivity contribution in [2.24, 2.45) is 11.8 Å². The number of rotatable bonds is 8. The molecule has 2 aromatic rings. The Kier molecular flexibility index (Phi) is 8.18. The van der Waals surface area contributed by atoms with Crippen LogP contribution in [0.5, 0.6) is 0 Å². The van der Waals surface area contributed by atoms with Gasteiger partial charge in [-0.1, -0.05) is 12.1 Å². The molecular weight excluding hydrogens is 540 g/mol. The number of carbonyl (C=O) groups excluding carboxylic acids is 2. The van der Waals surface area contributed by atoms with Crippen molar-refractivity contribution in [3.63, 3.8) is 0 Å². The fourth-order valence-electron chi connectivity index (χ4n) is 9.49. The molecule has 4 fully saturated rings. The van der Waals surface area contributed by atoms with E-state index in [1.54, 1.807) is 0 Å². The second-order valence-electron chi connectivity index (χ2n) is 14.3. The molecule has 0 bridgehead atoms. The summed E-state index contributed by atoms with van der Waals surface area (Å²) in [5.41, 5.74) is 5.74. The van der Waals surface area contributed by atoms with E-state index in [2.05, 4.69) is 22.8 Å². The van der Waals surface area contributed by atoms with Gasteiger partial charge in [0.1, 0.15) is 0 Å². The number of likely N-dealkylation sites (tertiary alicyclic amines) is 2. The van der Waals surface area contributed by atoms with Crippen LogP contribution in [0.25, 0.3) is 0 Å². The number of hydrogen-bond acceptors (Lipinski definition) is 4. The third kappa shape index (κ3) is 5.75. The minimum absolute atomic E-state index is 0.0865. The number of nitrogens with zero attached hydrogens (tertiary/aromatic N) is 2. The summed E-state index contributed by atoms with van der Waals surface area (Å²) in [5.74, 6) is 0.0988. The van der Waals surface area contributed by atoms with Gasteiger partial charge in [-0.2, -0.15) is 0 Å². The predicted octanol–water partition coefficient (Wildman–Crippen LogP) is 6.40. The zero-order valence-electron chi connectivity index (χ0n) is 26.2. The highest BCUT2D eigenvalue weighted by Crippen LogP contribution is 2.49. The van der Waals surface area contributed by atoms with Crippen LogP contribution in [0, 0.1) is 49.9 Å². The number of hydroxylamine groups is 6. The Hall–Kier alpha value is -2.78. The van der Waals surface area contributed by atoms with Crippen molar-refractivity contribution in [1.82, 2.24) is 0 Å². The number of hydrogen-bond donors (Lipinski definition) is 2. The molecule has 2 aliphatic carbocycles. The Bertz CT molecular complexity index is 1250. The Labute approximate surface area is 256 Å². The Morgan fingerprint density at radius 2 is 1.02 bits per heavy atom. The summed E-state index contributed by atoms with van der Waals surface area (Å²) in [6, 6.07) is 10.4. The Morgan fingerprint density at radius 3 is 1.40 bits per heavy atom. The van der Waals surface area contributed by atoms with Crippen LogP contribution in [0.15, 0.2) is 36.4 Å². The van der Waals surface area contributed by atoms with Crippen molar-refractivity contribution in [3.8, 4) is 0 Å². The topological polar surface area (TPSA) is 104 Å². The maximum atomic E-state index is 14.7. The molecule has 0 spiro atoms. The highest BCUT2D eigenvalue weighted by molar-refractivity contribution is 5.95. The van der Waals surface area contributed by atoms with E-state index < -0.39 is 21.4 Å². The van der Waals surface area contributed by atoms with Gasteiger partial charge < -0.3 is 30.3 Å². The predicted molar refractivity (Wildman–Crippen MR) is 170 cm³/mol. The molecule has 2 aliphatic heterocycles. The number of aryl methyl sites for hydroxylation is 4. The van der Waals surface area contributed by atoms with Crippen molar-refractivity contribution in [2.45, 2.75) is 110 Å².